The van der Waals surface area contributed by atoms with Gasteiger partial charge in [-0.15, -0.1) is 0 Å². The van der Waals surface area contributed by atoms with E-state index >= 15 is 0 Å². The lowest BCUT2D eigenvalue weighted by atomic mass is 10.2. The van der Waals surface area contributed by atoms with Crippen molar-refractivity contribution in [3.05, 3.63) is 22.7 Å². The molecule has 20 heavy (non-hydrogen) atoms. The summed E-state index contributed by atoms with van der Waals surface area (Å²) < 4.78 is 4.96. The number of nitrogens with one attached hydrogen (secondary N) is 2. The third kappa shape index (κ3) is 3.33. The zero-order chi connectivity index (χ0) is 14.5. The van der Waals surface area contributed by atoms with Crippen molar-refractivity contribution >= 4 is 22.5 Å². The minimum atomic E-state index is -0.460. The van der Waals surface area contributed by atoms with Gasteiger partial charge in [-0.2, -0.15) is 0 Å². The van der Waals surface area contributed by atoms with E-state index in [0.29, 0.717) is 16.8 Å². The van der Waals surface area contributed by atoms with Crippen molar-refractivity contribution in [2.75, 3.05) is 37.2 Å². The minimum Gasteiger partial charge on any atom is -0.408 e. The number of nitrogen functional groups attached to an aromatic ring is 1. The van der Waals surface area contributed by atoms with Crippen LogP contribution >= 0.6 is 0 Å². The predicted molar refractivity (Wildman–Crippen MR) is 82.1 cm³/mol. The van der Waals surface area contributed by atoms with Gasteiger partial charge in [-0.1, -0.05) is 13.8 Å². The van der Waals surface area contributed by atoms with Crippen molar-refractivity contribution in [3.63, 3.8) is 0 Å². The Hall–Kier alpha value is -1.95. The average Bonchev–Trinajstić information content (AvgIpc) is 2.78. The van der Waals surface area contributed by atoms with Gasteiger partial charge in [0.05, 0.1) is 16.9 Å². The van der Waals surface area contributed by atoms with Crippen LogP contribution in [0.3, 0.4) is 0 Å². The van der Waals surface area contributed by atoms with Crippen LogP contribution in [-0.2, 0) is 0 Å². The van der Waals surface area contributed by atoms with Crippen molar-refractivity contribution in [1.82, 2.24) is 9.88 Å². The first-order valence-corrected chi connectivity index (χ1v) is 7.02. The Morgan fingerprint density at radius 1 is 1.35 bits per heavy atom. The smallest absolute Gasteiger partial charge is 0.408 e. The summed E-state index contributed by atoms with van der Waals surface area (Å²) in [6, 6.07) is 3.48. The van der Waals surface area contributed by atoms with Gasteiger partial charge in [0.15, 0.2) is 5.58 Å². The first kappa shape index (κ1) is 14.5. The SMILES string of the molecule is CCN(CC)CCCNc1cc2[nH]c(=O)oc2cc1N. The normalized spacial score (nSPS) is 11.3. The average molecular weight is 278 g/mol. The standard InChI is InChI=1S/C14H22N4O2/c1-3-18(4-2)7-5-6-16-11-9-12-13(8-10(11)15)20-14(19)17-12/h8-9,16H,3-7,15H2,1-2H3,(H,17,19). The molecule has 0 atom stereocenters. The zero-order valence-corrected chi connectivity index (χ0v) is 12.0. The maximum Gasteiger partial charge on any atom is 0.417 e. The number of aromatic nitrogens is 1. The summed E-state index contributed by atoms with van der Waals surface area (Å²) in [5.41, 5.74) is 8.51. The maximum absolute atomic E-state index is 11.1. The molecule has 1 heterocycles. The molecule has 2 rings (SSSR count). The number of anilines is 2. The highest BCUT2D eigenvalue weighted by Gasteiger charge is 2.06. The third-order valence-corrected chi connectivity index (χ3v) is 3.45. The van der Waals surface area contributed by atoms with Gasteiger partial charge in [0.1, 0.15) is 0 Å². The summed E-state index contributed by atoms with van der Waals surface area (Å²) in [6.45, 7) is 8.37. The molecule has 6 heteroatoms. The minimum absolute atomic E-state index is 0.460. The number of hydrogen-bond donors (Lipinski definition) is 3. The van der Waals surface area contributed by atoms with Crippen molar-refractivity contribution in [2.24, 2.45) is 0 Å². The highest BCUT2D eigenvalue weighted by atomic mass is 16.4. The van der Waals surface area contributed by atoms with Crippen LogP contribution in [0.4, 0.5) is 11.4 Å². The van der Waals surface area contributed by atoms with Crippen LogP contribution in [0.15, 0.2) is 21.3 Å². The van der Waals surface area contributed by atoms with Crippen LogP contribution in [0, 0.1) is 0 Å². The molecule has 6 nitrogen and oxygen atoms in total. The summed E-state index contributed by atoms with van der Waals surface area (Å²) in [4.78, 5) is 16.1. The number of benzene rings is 1. The lowest BCUT2D eigenvalue weighted by Gasteiger charge is -2.18. The van der Waals surface area contributed by atoms with E-state index in [2.05, 4.69) is 29.0 Å². The summed E-state index contributed by atoms with van der Waals surface area (Å²) in [6.07, 6.45) is 1.04. The van der Waals surface area contributed by atoms with Crippen molar-refractivity contribution in [2.45, 2.75) is 20.3 Å². The molecule has 4 N–H and O–H groups in total. The molecule has 0 bridgehead atoms. The van der Waals surface area contributed by atoms with Crippen LogP contribution in [0.25, 0.3) is 11.1 Å². The number of aromatic amines is 1. The molecule has 1 aromatic carbocycles. The molecule has 0 radical (unpaired) electrons. The zero-order valence-electron chi connectivity index (χ0n) is 12.0. The molecule has 0 aliphatic heterocycles. The molecule has 2 aromatic rings. The summed E-state index contributed by atoms with van der Waals surface area (Å²) in [7, 11) is 0. The van der Waals surface area contributed by atoms with E-state index in [9.17, 15) is 4.79 Å². The molecule has 0 unspecified atom stereocenters. The van der Waals surface area contributed by atoms with E-state index < -0.39 is 5.76 Å². The molecule has 0 aliphatic rings. The second-order valence-electron chi connectivity index (χ2n) is 4.76. The first-order valence-electron chi connectivity index (χ1n) is 7.02. The van der Waals surface area contributed by atoms with E-state index in [0.717, 1.165) is 38.3 Å². The molecule has 0 spiro atoms. The Kier molecular flexibility index (Phi) is 4.68. The summed E-state index contributed by atoms with van der Waals surface area (Å²) >= 11 is 0. The van der Waals surface area contributed by atoms with Crippen LogP contribution in [0.2, 0.25) is 0 Å². The molecule has 0 aliphatic carbocycles. The quantitative estimate of drug-likeness (QED) is 0.531. The molecule has 110 valence electrons. The van der Waals surface area contributed by atoms with Gasteiger partial charge in [0, 0.05) is 12.6 Å². The number of rotatable bonds is 7. The predicted octanol–water partition coefficient (Wildman–Crippen LogP) is 1.85. The Labute approximate surface area is 117 Å². The number of nitrogens with zero attached hydrogens (tertiary/aromatic N) is 1. The largest absolute Gasteiger partial charge is 0.417 e. The number of nitrogens with two attached hydrogens (primary N) is 1. The molecule has 0 saturated carbocycles. The van der Waals surface area contributed by atoms with Crippen LogP contribution in [0.1, 0.15) is 20.3 Å². The van der Waals surface area contributed by atoms with Gasteiger partial charge < -0.3 is 20.4 Å². The fourth-order valence-electron chi connectivity index (χ4n) is 2.23. The molecule has 0 amide bonds. The topological polar surface area (TPSA) is 87.3 Å². The molecular formula is C14H22N4O2. The van der Waals surface area contributed by atoms with Crippen molar-refractivity contribution in [1.29, 1.82) is 0 Å². The van der Waals surface area contributed by atoms with Gasteiger partial charge in [-0.3, -0.25) is 4.98 Å². The number of fused-ring (bicyclic) bond motifs is 1. The second-order valence-corrected chi connectivity index (χ2v) is 4.76. The van der Waals surface area contributed by atoms with Crippen LogP contribution in [-0.4, -0.2) is 36.1 Å². The number of oxazole rings is 1. The van der Waals surface area contributed by atoms with E-state index in [1.165, 1.54) is 0 Å². The number of hydrogen-bond acceptors (Lipinski definition) is 5. The van der Waals surface area contributed by atoms with Crippen LogP contribution < -0.4 is 16.8 Å². The number of H-pyrrole nitrogens is 1. The summed E-state index contributed by atoms with van der Waals surface area (Å²) in [5, 5.41) is 3.30. The van der Waals surface area contributed by atoms with Gasteiger partial charge in [0.2, 0.25) is 0 Å². The van der Waals surface area contributed by atoms with E-state index in [4.69, 9.17) is 10.2 Å². The fraction of sp³-hybridized carbons (Fsp3) is 0.500. The molecule has 0 fully saturated rings. The molecule has 1 aromatic heterocycles. The van der Waals surface area contributed by atoms with E-state index in [1.54, 1.807) is 6.07 Å². The lowest BCUT2D eigenvalue weighted by molar-refractivity contribution is 0.303. The van der Waals surface area contributed by atoms with Crippen molar-refractivity contribution < 1.29 is 4.42 Å². The van der Waals surface area contributed by atoms with Gasteiger partial charge in [-0.25, -0.2) is 4.79 Å². The van der Waals surface area contributed by atoms with E-state index in [1.807, 2.05) is 6.07 Å². The molecular weight excluding hydrogens is 256 g/mol. The highest BCUT2D eigenvalue weighted by Crippen LogP contribution is 2.24. The fourth-order valence-corrected chi connectivity index (χ4v) is 2.23. The van der Waals surface area contributed by atoms with Gasteiger partial charge in [0.25, 0.3) is 0 Å². The maximum atomic E-state index is 11.1. The summed E-state index contributed by atoms with van der Waals surface area (Å²) in [5.74, 6) is -0.460. The lowest BCUT2D eigenvalue weighted by Crippen LogP contribution is -2.25. The Balaban J connectivity index is 1.95. The highest BCUT2D eigenvalue weighted by molar-refractivity contribution is 5.85. The third-order valence-electron chi connectivity index (χ3n) is 3.45. The second kappa shape index (κ2) is 6.47. The Morgan fingerprint density at radius 3 is 2.80 bits per heavy atom. The van der Waals surface area contributed by atoms with E-state index in [-0.39, 0.29) is 0 Å². The van der Waals surface area contributed by atoms with Gasteiger partial charge in [-0.05, 0) is 32.1 Å². The van der Waals surface area contributed by atoms with Crippen molar-refractivity contribution in [3.8, 4) is 0 Å². The first-order chi connectivity index (χ1) is 9.63. The monoisotopic (exact) mass is 278 g/mol. The Bertz CT molecular complexity index is 613. The molecule has 0 saturated heterocycles. The Morgan fingerprint density at radius 2 is 2.10 bits per heavy atom. The van der Waals surface area contributed by atoms with Crippen LogP contribution in [0.5, 0.6) is 0 Å². The van der Waals surface area contributed by atoms with Gasteiger partial charge >= 0.3 is 5.76 Å².